The summed E-state index contributed by atoms with van der Waals surface area (Å²) in [6.07, 6.45) is 1.57. The fourth-order valence-corrected chi connectivity index (χ4v) is 3.21. The van der Waals surface area contributed by atoms with E-state index in [9.17, 15) is 13.2 Å². The van der Waals surface area contributed by atoms with Crippen molar-refractivity contribution in [2.75, 3.05) is 11.5 Å². The van der Waals surface area contributed by atoms with Crippen molar-refractivity contribution in [3.63, 3.8) is 0 Å². The SMILES string of the molecule is CCS(=O)(=O)C[C@H](C)NC(=O)c1nccc2ccccc12. The molecule has 1 amide bonds. The minimum atomic E-state index is -3.12. The molecule has 1 aromatic heterocycles. The molecule has 0 aliphatic heterocycles. The van der Waals surface area contributed by atoms with Gasteiger partial charge in [-0.15, -0.1) is 0 Å². The molecule has 0 aliphatic carbocycles. The number of aromatic nitrogens is 1. The van der Waals surface area contributed by atoms with Gasteiger partial charge in [0, 0.05) is 23.4 Å². The standard InChI is InChI=1S/C15H18N2O3S/c1-3-21(19,20)10-11(2)17-15(18)14-13-7-5-4-6-12(13)8-9-16-14/h4-9,11H,3,10H2,1-2H3,(H,17,18)/t11-/m0/s1. The van der Waals surface area contributed by atoms with Crippen LogP contribution in [0.15, 0.2) is 36.5 Å². The molecule has 0 bridgehead atoms. The maximum atomic E-state index is 12.3. The Morgan fingerprint density at radius 1 is 1.29 bits per heavy atom. The van der Waals surface area contributed by atoms with Crippen LogP contribution in [0.5, 0.6) is 0 Å². The van der Waals surface area contributed by atoms with E-state index in [-0.39, 0.29) is 17.4 Å². The molecule has 0 unspecified atom stereocenters. The first kappa shape index (κ1) is 15.4. The summed E-state index contributed by atoms with van der Waals surface area (Å²) in [7, 11) is -3.12. The van der Waals surface area contributed by atoms with Gasteiger partial charge in [0.15, 0.2) is 9.84 Å². The van der Waals surface area contributed by atoms with Crippen LogP contribution < -0.4 is 5.32 Å². The van der Waals surface area contributed by atoms with Crippen molar-refractivity contribution < 1.29 is 13.2 Å². The number of hydrogen-bond acceptors (Lipinski definition) is 4. The minimum Gasteiger partial charge on any atom is -0.347 e. The van der Waals surface area contributed by atoms with Crippen LogP contribution in [-0.2, 0) is 9.84 Å². The summed E-state index contributed by atoms with van der Waals surface area (Å²) in [6, 6.07) is 8.83. The highest BCUT2D eigenvalue weighted by Crippen LogP contribution is 2.16. The first-order valence-corrected chi connectivity index (χ1v) is 8.60. The van der Waals surface area contributed by atoms with Crippen molar-refractivity contribution in [2.24, 2.45) is 0 Å². The van der Waals surface area contributed by atoms with E-state index in [0.717, 1.165) is 10.8 Å². The second kappa shape index (κ2) is 6.22. The van der Waals surface area contributed by atoms with Crippen LogP contribution in [0, 0.1) is 0 Å². The lowest BCUT2D eigenvalue weighted by molar-refractivity contribution is 0.0940. The van der Waals surface area contributed by atoms with Gasteiger partial charge in [-0.1, -0.05) is 31.2 Å². The largest absolute Gasteiger partial charge is 0.347 e. The van der Waals surface area contributed by atoms with Gasteiger partial charge in [-0.3, -0.25) is 9.78 Å². The normalized spacial score (nSPS) is 13.0. The second-order valence-electron chi connectivity index (χ2n) is 4.95. The van der Waals surface area contributed by atoms with Gasteiger partial charge in [0.25, 0.3) is 5.91 Å². The van der Waals surface area contributed by atoms with Gasteiger partial charge in [0.05, 0.1) is 5.75 Å². The number of pyridine rings is 1. The van der Waals surface area contributed by atoms with Crippen LogP contribution in [0.4, 0.5) is 0 Å². The van der Waals surface area contributed by atoms with Crippen LogP contribution in [0.1, 0.15) is 24.3 Å². The van der Waals surface area contributed by atoms with Crippen molar-refractivity contribution in [1.29, 1.82) is 0 Å². The van der Waals surface area contributed by atoms with E-state index < -0.39 is 15.9 Å². The molecular weight excluding hydrogens is 288 g/mol. The van der Waals surface area contributed by atoms with Crippen LogP contribution >= 0.6 is 0 Å². The Balaban J connectivity index is 2.20. The number of carbonyl (C=O) groups is 1. The van der Waals surface area contributed by atoms with Crippen molar-refractivity contribution in [2.45, 2.75) is 19.9 Å². The Morgan fingerprint density at radius 3 is 2.71 bits per heavy atom. The summed E-state index contributed by atoms with van der Waals surface area (Å²) in [5, 5.41) is 4.37. The monoisotopic (exact) mass is 306 g/mol. The molecule has 0 fully saturated rings. The summed E-state index contributed by atoms with van der Waals surface area (Å²) in [4.78, 5) is 16.4. The van der Waals surface area contributed by atoms with Crippen molar-refractivity contribution in [3.05, 3.63) is 42.2 Å². The van der Waals surface area contributed by atoms with E-state index in [1.807, 2.05) is 30.3 Å². The fraction of sp³-hybridized carbons (Fsp3) is 0.333. The van der Waals surface area contributed by atoms with Gasteiger partial charge in [-0.25, -0.2) is 8.42 Å². The van der Waals surface area contributed by atoms with E-state index in [0.29, 0.717) is 5.69 Å². The van der Waals surface area contributed by atoms with Crippen molar-refractivity contribution in [1.82, 2.24) is 10.3 Å². The first-order valence-electron chi connectivity index (χ1n) is 6.78. The zero-order valence-corrected chi connectivity index (χ0v) is 12.9. The zero-order chi connectivity index (χ0) is 15.5. The Labute approximate surface area is 124 Å². The number of fused-ring (bicyclic) bond motifs is 1. The molecular formula is C15H18N2O3S. The molecule has 21 heavy (non-hydrogen) atoms. The Hall–Kier alpha value is -1.95. The number of rotatable bonds is 5. The van der Waals surface area contributed by atoms with Gasteiger partial charge in [-0.2, -0.15) is 0 Å². The molecule has 1 N–H and O–H groups in total. The molecule has 0 aliphatic rings. The van der Waals surface area contributed by atoms with E-state index in [2.05, 4.69) is 10.3 Å². The first-order chi connectivity index (χ1) is 9.93. The number of amides is 1. The maximum absolute atomic E-state index is 12.3. The lowest BCUT2D eigenvalue weighted by Gasteiger charge is -2.14. The number of nitrogens with zero attached hydrogens (tertiary/aromatic N) is 1. The van der Waals surface area contributed by atoms with Crippen LogP contribution in [-0.4, -0.2) is 36.9 Å². The molecule has 0 radical (unpaired) electrons. The third kappa shape index (κ3) is 3.78. The average molecular weight is 306 g/mol. The molecule has 112 valence electrons. The quantitative estimate of drug-likeness (QED) is 0.913. The van der Waals surface area contributed by atoms with Crippen molar-refractivity contribution >= 4 is 26.5 Å². The lowest BCUT2D eigenvalue weighted by atomic mass is 10.1. The third-order valence-electron chi connectivity index (χ3n) is 3.21. The summed E-state index contributed by atoms with van der Waals surface area (Å²) in [5.41, 5.74) is 0.314. The van der Waals surface area contributed by atoms with E-state index in [4.69, 9.17) is 0 Å². The van der Waals surface area contributed by atoms with Crippen molar-refractivity contribution in [3.8, 4) is 0 Å². The van der Waals surface area contributed by atoms with E-state index >= 15 is 0 Å². The lowest BCUT2D eigenvalue weighted by Crippen LogP contribution is -2.38. The molecule has 1 aromatic carbocycles. The molecule has 6 heteroatoms. The van der Waals surface area contributed by atoms with Gasteiger partial charge in [0.2, 0.25) is 0 Å². The maximum Gasteiger partial charge on any atom is 0.270 e. The number of carbonyl (C=O) groups excluding carboxylic acids is 1. The highest BCUT2D eigenvalue weighted by atomic mass is 32.2. The summed E-state index contributed by atoms with van der Waals surface area (Å²) in [5.74, 6) is -0.356. The van der Waals surface area contributed by atoms with Gasteiger partial charge >= 0.3 is 0 Å². The van der Waals surface area contributed by atoms with Gasteiger partial charge in [-0.05, 0) is 18.4 Å². The average Bonchev–Trinajstić information content (AvgIpc) is 2.46. The molecule has 2 aromatic rings. The van der Waals surface area contributed by atoms with Crippen LogP contribution in [0.3, 0.4) is 0 Å². The molecule has 0 saturated carbocycles. The Morgan fingerprint density at radius 2 is 2.00 bits per heavy atom. The summed E-state index contributed by atoms with van der Waals surface area (Å²) < 4.78 is 23.1. The molecule has 0 spiro atoms. The number of nitrogens with one attached hydrogen (secondary N) is 1. The van der Waals surface area contributed by atoms with Gasteiger partial charge in [0.1, 0.15) is 5.69 Å². The molecule has 0 saturated heterocycles. The van der Waals surface area contributed by atoms with E-state index in [1.165, 1.54) is 0 Å². The number of sulfone groups is 1. The van der Waals surface area contributed by atoms with Crippen LogP contribution in [0.2, 0.25) is 0 Å². The van der Waals surface area contributed by atoms with E-state index in [1.54, 1.807) is 20.0 Å². The summed E-state index contributed by atoms with van der Waals surface area (Å²) in [6.45, 7) is 3.27. The number of hydrogen-bond donors (Lipinski definition) is 1. The topological polar surface area (TPSA) is 76.1 Å². The highest BCUT2D eigenvalue weighted by Gasteiger charge is 2.18. The summed E-state index contributed by atoms with van der Waals surface area (Å²) >= 11 is 0. The smallest absolute Gasteiger partial charge is 0.270 e. The predicted octanol–water partition coefficient (Wildman–Crippen LogP) is 1.79. The molecule has 1 atom stereocenters. The number of benzene rings is 1. The minimum absolute atomic E-state index is 0.0692. The molecule has 5 nitrogen and oxygen atoms in total. The predicted molar refractivity (Wildman–Crippen MR) is 83.0 cm³/mol. The zero-order valence-electron chi connectivity index (χ0n) is 12.0. The van der Waals surface area contributed by atoms with Crippen LogP contribution in [0.25, 0.3) is 10.8 Å². The second-order valence-corrected chi connectivity index (χ2v) is 7.35. The molecule has 2 rings (SSSR count). The van der Waals surface area contributed by atoms with Gasteiger partial charge < -0.3 is 5.32 Å². The Kier molecular flexibility index (Phi) is 4.57. The fourth-order valence-electron chi connectivity index (χ4n) is 2.13. The molecule has 1 heterocycles. The highest BCUT2D eigenvalue weighted by molar-refractivity contribution is 7.91. The Bertz CT molecular complexity index is 751. The third-order valence-corrected chi connectivity index (χ3v) is 5.10.